The highest BCUT2D eigenvalue weighted by molar-refractivity contribution is 6.03. The molecule has 0 aromatic carbocycles. The lowest BCUT2D eigenvalue weighted by atomic mass is 9.80. The van der Waals surface area contributed by atoms with Crippen molar-refractivity contribution >= 4 is 17.9 Å². The average molecular weight is 214 g/mol. The van der Waals surface area contributed by atoms with Crippen molar-refractivity contribution < 1.29 is 9.59 Å². The van der Waals surface area contributed by atoms with Gasteiger partial charge >= 0.3 is 6.03 Å². The number of amides is 3. The zero-order valence-electron chi connectivity index (χ0n) is 9.47. The van der Waals surface area contributed by atoms with Crippen molar-refractivity contribution in [2.45, 2.75) is 27.7 Å². The Bertz CT molecular complexity index is 284. The third-order valence-corrected chi connectivity index (χ3v) is 2.52. The highest BCUT2D eigenvalue weighted by atomic mass is 16.2. The number of carbonyl (C=O) groups excluding carboxylic acids is 2. The second-order valence-corrected chi connectivity index (χ2v) is 4.19. The Morgan fingerprint density at radius 1 is 1.27 bits per heavy atom. The molecule has 0 radical (unpaired) electrons. The fourth-order valence-corrected chi connectivity index (χ4v) is 0.691. The molecule has 0 fully saturated rings. The predicted octanol–water partition coefficient (Wildman–Crippen LogP) is 0.388. The van der Waals surface area contributed by atoms with Gasteiger partial charge in [0.15, 0.2) is 0 Å². The average Bonchev–Trinajstić information content (AvgIpc) is 2.01. The lowest BCUT2D eigenvalue weighted by Gasteiger charge is -2.27. The molecule has 0 aliphatic heterocycles. The van der Waals surface area contributed by atoms with Crippen LogP contribution in [-0.4, -0.2) is 17.9 Å². The van der Waals surface area contributed by atoms with E-state index in [1.54, 1.807) is 13.8 Å². The molecule has 0 heterocycles. The number of hydrogen-bond donors (Lipinski definition) is 4. The maximum Gasteiger partial charge on any atom is 0.318 e. The summed E-state index contributed by atoms with van der Waals surface area (Å²) in [6.07, 6.45) is 0. The predicted molar refractivity (Wildman–Crippen MR) is 57.2 cm³/mol. The van der Waals surface area contributed by atoms with E-state index in [0.29, 0.717) is 0 Å². The number of hydrogen-bond acceptors (Lipinski definition) is 3. The summed E-state index contributed by atoms with van der Waals surface area (Å²) in [7, 11) is 0. The van der Waals surface area contributed by atoms with E-state index in [4.69, 9.17) is 11.1 Å². The third-order valence-electron chi connectivity index (χ3n) is 2.52. The van der Waals surface area contributed by atoms with Crippen molar-refractivity contribution in [1.29, 1.82) is 5.41 Å². The third kappa shape index (κ3) is 3.97. The fraction of sp³-hybridized carbons (Fsp3) is 0.667. The molecule has 0 bridgehead atoms. The van der Waals surface area contributed by atoms with Crippen LogP contribution in [0.15, 0.2) is 0 Å². The van der Waals surface area contributed by atoms with E-state index in [0.717, 1.165) is 0 Å². The van der Waals surface area contributed by atoms with Gasteiger partial charge < -0.3 is 5.73 Å². The van der Waals surface area contributed by atoms with Crippen molar-refractivity contribution in [3.05, 3.63) is 0 Å². The molecule has 0 unspecified atom stereocenters. The molecule has 0 spiro atoms. The number of urea groups is 1. The quantitative estimate of drug-likeness (QED) is 0.394. The van der Waals surface area contributed by atoms with Gasteiger partial charge in [0.1, 0.15) is 0 Å². The number of rotatable bonds is 2. The van der Waals surface area contributed by atoms with Gasteiger partial charge in [0, 0.05) is 5.41 Å². The second-order valence-electron chi connectivity index (χ2n) is 4.19. The van der Waals surface area contributed by atoms with Gasteiger partial charge in [0.25, 0.3) is 0 Å². The molecule has 0 aliphatic carbocycles. The maximum atomic E-state index is 11.7. The molecule has 0 aromatic heterocycles. The monoisotopic (exact) mass is 214 g/mol. The van der Waals surface area contributed by atoms with Crippen LogP contribution in [0, 0.1) is 16.7 Å². The first-order chi connectivity index (χ1) is 6.67. The van der Waals surface area contributed by atoms with Crippen LogP contribution in [0.3, 0.4) is 0 Å². The van der Waals surface area contributed by atoms with Gasteiger partial charge in [0.2, 0.25) is 11.9 Å². The Labute approximate surface area is 89.1 Å². The van der Waals surface area contributed by atoms with Crippen LogP contribution in [0.1, 0.15) is 27.7 Å². The van der Waals surface area contributed by atoms with Gasteiger partial charge in [-0.3, -0.25) is 20.8 Å². The molecule has 6 nitrogen and oxygen atoms in total. The van der Waals surface area contributed by atoms with Crippen LogP contribution in [0.25, 0.3) is 0 Å². The molecule has 0 aliphatic rings. The molecule has 86 valence electrons. The minimum absolute atomic E-state index is 0.124. The maximum absolute atomic E-state index is 11.7. The fourth-order valence-electron chi connectivity index (χ4n) is 0.691. The zero-order valence-corrected chi connectivity index (χ0v) is 9.47. The lowest BCUT2D eigenvalue weighted by molar-refractivity contribution is -0.129. The van der Waals surface area contributed by atoms with Crippen LogP contribution in [0.2, 0.25) is 0 Å². The van der Waals surface area contributed by atoms with Crippen molar-refractivity contribution in [3.63, 3.8) is 0 Å². The largest absolute Gasteiger partial charge is 0.351 e. The van der Waals surface area contributed by atoms with Gasteiger partial charge in [-0.05, 0) is 5.92 Å². The number of guanidine groups is 1. The van der Waals surface area contributed by atoms with Crippen LogP contribution in [0.5, 0.6) is 0 Å². The van der Waals surface area contributed by atoms with Crippen molar-refractivity contribution in [2.24, 2.45) is 17.1 Å². The van der Waals surface area contributed by atoms with E-state index >= 15 is 0 Å². The topological polar surface area (TPSA) is 108 Å². The van der Waals surface area contributed by atoms with E-state index in [9.17, 15) is 9.59 Å². The summed E-state index contributed by atoms with van der Waals surface area (Å²) in [4.78, 5) is 22.0. The van der Waals surface area contributed by atoms with Crippen LogP contribution in [-0.2, 0) is 4.79 Å². The van der Waals surface area contributed by atoms with E-state index < -0.39 is 17.4 Å². The van der Waals surface area contributed by atoms with Crippen molar-refractivity contribution in [1.82, 2.24) is 10.6 Å². The van der Waals surface area contributed by atoms with Gasteiger partial charge in [-0.2, -0.15) is 0 Å². The van der Waals surface area contributed by atoms with Gasteiger partial charge in [-0.15, -0.1) is 0 Å². The standard InChI is InChI=1S/C9H18N4O2/c1-5(2)9(3,4)6(14)12-7(10)13-8(11)15/h5H,1-4H3,(H5,10,11,12,13,14,15). The zero-order chi connectivity index (χ0) is 12.2. The molecule has 0 aromatic rings. The molecule has 6 heteroatoms. The highest BCUT2D eigenvalue weighted by Crippen LogP contribution is 2.25. The Kier molecular flexibility index (Phi) is 4.26. The number of primary amides is 1. The summed E-state index contributed by atoms with van der Waals surface area (Å²) in [5.41, 5.74) is 4.19. The first-order valence-electron chi connectivity index (χ1n) is 4.64. The molecular formula is C9H18N4O2. The van der Waals surface area contributed by atoms with Crippen molar-refractivity contribution in [3.8, 4) is 0 Å². The summed E-state index contributed by atoms with van der Waals surface area (Å²) in [5, 5.41) is 11.5. The molecule has 15 heavy (non-hydrogen) atoms. The molecular weight excluding hydrogens is 196 g/mol. The second kappa shape index (κ2) is 4.77. The molecule has 5 N–H and O–H groups in total. The Morgan fingerprint density at radius 2 is 1.73 bits per heavy atom. The number of nitrogens with one attached hydrogen (secondary N) is 3. The van der Waals surface area contributed by atoms with Crippen LogP contribution >= 0.6 is 0 Å². The van der Waals surface area contributed by atoms with Gasteiger partial charge in [-0.25, -0.2) is 4.79 Å². The first-order valence-corrected chi connectivity index (χ1v) is 4.64. The van der Waals surface area contributed by atoms with Crippen LogP contribution < -0.4 is 16.4 Å². The SMILES string of the molecule is CC(C)C(C)(C)C(=O)NC(=N)NC(N)=O. The highest BCUT2D eigenvalue weighted by Gasteiger charge is 2.31. The summed E-state index contributed by atoms with van der Waals surface area (Å²) in [6.45, 7) is 7.35. The van der Waals surface area contributed by atoms with E-state index in [2.05, 4.69) is 5.32 Å². The molecule has 0 rings (SSSR count). The van der Waals surface area contributed by atoms with E-state index in [-0.39, 0.29) is 11.8 Å². The Hall–Kier alpha value is -1.59. The van der Waals surface area contributed by atoms with E-state index in [1.807, 2.05) is 19.2 Å². The number of nitrogens with two attached hydrogens (primary N) is 1. The van der Waals surface area contributed by atoms with Gasteiger partial charge in [0.05, 0.1) is 0 Å². The molecule has 0 saturated carbocycles. The molecule has 0 saturated heterocycles. The normalized spacial score (nSPS) is 11.0. The summed E-state index contributed by atoms with van der Waals surface area (Å²) in [6, 6.07) is -0.873. The summed E-state index contributed by atoms with van der Waals surface area (Å²) in [5.74, 6) is -0.601. The van der Waals surface area contributed by atoms with Crippen molar-refractivity contribution in [2.75, 3.05) is 0 Å². The Morgan fingerprint density at radius 3 is 2.07 bits per heavy atom. The first kappa shape index (κ1) is 13.4. The Balaban J connectivity index is 4.37. The summed E-state index contributed by atoms with van der Waals surface area (Å²) < 4.78 is 0. The number of carbonyl (C=O) groups is 2. The minimum atomic E-state index is -0.873. The van der Waals surface area contributed by atoms with Crippen LogP contribution in [0.4, 0.5) is 4.79 Å². The minimum Gasteiger partial charge on any atom is -0.351 e. The molecule has 3 amide bonds. The smallest absolute Gasteiger partial charge is 0.318 e. The lowest BCUT2D eigenvalue weighted by Crippen LogP contribution is -2.50. The van der Waals surface area contributed by atoms with Gasteiger partial charge in [-0.1, -0.05) is 27.7 Å². The van der Waals surface area contributed by atoms with E-state index in [1.165, 1.54) is 0 Å². The summed E-state index contributed by atoms with van der Waals surface area (Å²) >= 11 is 0. The molecule has 0 atom stereocenters.